The van der Waals surface area contributed by atoms with Crippen molar-refractivity contribution in [3.05, 3.63) is 71.5 Å². The van der Waals surface area contributed by atoms with E-state index in [2.05, 4.69) is 15.3 Å². The minimum atomic E-state index is -0.190. The molecule has 0 unspecified atom stereocenters. The number of benzene rings is 1. The Bertz CT molecular complexity index is 726. The highest BCUT2D eigenvalue weighted by Crippen LogP contribution is 2.23. The van der Waals surface area contributed by atoms with Crippen LogP contribution in [-0.4, -0.2) is 15.9 Å². The minimum Gasteiger partial charge on any atom is -0.345 e. The van der Waals surface area contributed by atoms with Gasteiger partial charge in [-0.1, -0.05) is 36.4 Å². The Hall–Kier alpha value is -2.53. The van der Waals surface area contributed by atoms with Gasteiger partial charge in [0.15, 0.2) is 0 Å². The third-order valence-corrected chi connectivity index (χ3v) is 3.84. The smallest absolute Gasteiger partial charge is 0.270 e. The molecule has 0 saturated carbocycles. The molecule has 0 radical (unpaired) electrons. The highest BCUT2D eigenvalue weighted by molar-refractivity contribution is 7.13. The molecular formula is C16H13N3OS. The molecule has 0 aliphatic heterocycles. The summed E-state index contributed by atoms with van der Waals surface area (Å²) in [5, 5.41) is 5.74. The summed E-state index contributed by atoms with van der Waals surface area (Å²) in [5.41, 5.74) is 2.35. The molecule has 0 aliphatic carbocycles. The van der Waals surface area contributed by atoms with E-state index in [1.807, 2.05) is 35.7 Å². The summed E-state index contributed by atoms with van der Waals surface area (Å²) in [7, 11) is 0. The predicted molar refractivity (Wildman–Crippen MR) is 83.0 cm³/mol. The first-order valence-corrected chi connectivity index (χ1v) is 7.40. The zero-order valence-electron chi connectivity index (χ0n) is 11.2. The number of hydrogen-bond donors (Lipinski definition) is 1. The summed E-state index contributed by atoms with van der Waals surface area (Å²) >= 11 is 1.57. The first kappa shape index (κ1) is 13.5. The van der Waals surface area contributed by atoms with Crippen molar-refractivity contribution in [1.29, 1.82) is 0 Å². The third kappa shape index (κ3) is 3.32. The Labute approximate surface area is 126 Å². The van der Waals surface area contributed by atoms with Crippen LogP contribution in [0.15, 0.2) is 60.1 Å². The van der Waals surface area contributed by atoms with E-state index >= 15 is 0 Å². The van der Waals surface area contributed by atoms with Crippen LogP contribution in [0.5, 0.6) is 0 Å². The fourth-order valence-electron chi connectivity index (χ4n) is 1.86. The van der Waals surface area contributed by atoms with Crippen LogP contribution in [0.25, 0.3) is 10.6 Å². The number of amides is 1. The van der Waals surface area contributed by atoms with E-state index < -0.39 is 0 Å². The molecule has 0 atom stereocenters. The highest BCUT2D eigenvalue weighted by atomic mass is 32.1. The van der Waals surface area contributed by atoms with E-state index in [1.165, 1.54) is 0 Å². The average Bonchev–Trinajstić information content (AvgIpc) is 3.03. The molecule has 1 amide bonds. The Morgan fingerprint density at radius 1 is 1.10 bits per heavy atom. The van der Waals surface area contributed by atoms with Crippen molar-refractivity contribution in [2.24, 2.45) is 0 Å². The number of rotatable bonds is 4. The van der Waals surface area contributed by atoms with Gasteiger partial charge in [-0.05, 0) is 12.1 Å². The van der Waals surface area contributed by atoms with Gasteiger partial charge >= 0.3 is 0 Å². The summed E-state index contributed by atoms with van der Waals surface area (Å²) in [4.78, 5) is 20.4. The molecule has 3 rings (SSSR count). The van der Waals surface area contributed by atoms with Crippen molar-refractivity contribution in [3.8, 4) is 10.6 Å². The lowest BCUT2D eigenvalue weighted by atomic mass is 10.2. The second kappa shape index (κ2) is 6.28. The summed E-state index contributed by atoms with van der Waals surface area (Å²) in [6, 6.07) is 15.3. The summed E-state index contributed by atoms with van der Waals surface area (Å²) in [5.74, 6) is -0.190. The van der Waals surface area contributed by atoms with Gasteiger partial charge in [0.05, 0.1) is 12.2 Å². The molecule has 1 aromatic carbocycles. The molecule has 0 bridgehead atoms. The van der Waals surface area contributed by atoms with E-state index in [-0.39, 0.29) is 5.91 Å². The minimum absolute atomic E-state index is 0.190. The molecule has 21 heavy (non-hydrogen) atoms. The van der Waals surface area contributed by atoms with Gasteiger partial charge in [0, 0.05) is 17.1 Å². The lowest BCUT2D eigenvalue weighted by Gasteiger charge is -2.01. The molecule has 0 aliphatic rings. The van der Waals surface area contributed by atoms with Gasteiger partial charge in [0.2, 0.25) is 0 Å². The van der Waals surface area contributed by atoms with Crippen LogP contribution >= 0.6 is 11.3 Å². The molecule has 104 valence electrons. The number of nitrogens with one attached hydrogen (secondary N) is 1. The van der Waals surface area contributed by atoms with Crippen molar-refractivity contribution in [2.75, 3.05) is 0 Å². The molecule has 0 spiro atoms. The third-order valence-electron chi connectivity index (χ3n) is 2.90. The first-order valence-electron chi connectivity index (χ1n) is 6.52. The van der Waals surface area contributed by atoms with E-state index in [4.69, 9.17) is 0 Å². The van der Waals surface area contributed by atoms with Crippen molar-refractivity contribution in [2.45, 2.75) is 6.54 Å². The summed E-state index contributed by atoms with van der Waals surface area (Å²) < 4.78 is 0. The van der Waals surface area contributed by atoms with Gasteiger partial charge < -0.3 is 5.32 Å². The van der Waals surface area contributed by atoms with Gasteiger partial charge in [-0.2, -0.15) is 0 Å². The maximum Gasteiger partial charge on any atom is 0.270 e. The van der Waals surface area contributed by atoms with Crippen molar-refractivity contribution < 1.29 is 4.79 Å². The zero-order chi connectivity index (χ0) is 14.5. The van der Waals surface area contributed by atoms with Crippen LogP contribution in [0.1, 0.15) is 16.2 Å². The van der Waals surface area contributed by atoms with Crippen LogP contribution < -0.4 is 5.32 Å². The number of carbonyl (C=O) groups is 1. The maximum absolute atomic E-state index is 11.9. The molecule has 2 heterocycles. The second-order valence-corrected chi connectivity index (χ2v) is 5.27. The quantitative estimate of drug-likeness (QED) is 0.804. The number of carbonyl (C=O) groups excluding carboxylic acids is 1. The van der Waals surface area contributed by atoms with Gasteiger partial charge in [-0.3, -0.25) is 9.78 Å². The topological polar surface area (TPSA) is 54.9 Å². The normalized spacial score (nSPS) is 10.3. The van der Waals surface area contributed by atoms with Crippen LogP contribution in [0, 0.1) is 0 Å². The van der Waals surface area contributed by atoms with E-state index in [1.54, 1.807) is 35.7 Å². The lowest BCUT2D eigenvalue weighted by Crippen LogP contribution is -2.23. The van der Waals surface area contributed by atoms with Crippen molar-refractivity contribution >= 4 is 17.2 Å². The lowest BCUT2D eigenvalue weighted by molar-refractivity contribution is 0.0945. The van der Waals surface area contributed by atoms with Crippen LogP contribution in [-0.2, 0) is 6.54 Å². The van der Waals surface area contributed by atoms with Gasteiger partial charge in [-0.25, -0.2) is 4.98 Å². The predicted octanol–water partition coefficient (Wildman–Crippen LogP) is 3.14. The molecule has 0 fully saturated rings. The number of hydrogen-bond acceptors (Lipinski definition) is 4. The van der Waals surface area contributed by atoms with Crippen LogP contribution in [0.3, 0.4) is 0 Å². The Kier molecular flexibility index (Phi) is 4.02. The molecular weight excluding hydrogens is 282 g/mol. The molecule has 0 saturated heterocycles. The van der Waals surface area contributed by atoms with Gasteiger partial charge in [0.1, 0.15) is 10.7 Å². The Morgan fingerprint density at radius 2 is 1.90 bits per heavy atom. The van der Waals surface area contributed by atoms with E-state index in [9.17, 15) is 4.79 Å². The average molecular weight is 295 g/mol. The maximum atomic E-state index is 11.9. The van der Waals surface area contributed by atoms with Crippen LogP contribution in [0.4, 0.5) is 0 Å². The zero-order valence-corrected chi connectivity index (χ0v) is 12.0. The van der Waals surface area contributed by atoms with Gasteiger partial charge in [-0.15, -0.1) is 11.3 Å². The van der Waals surface area contributed by atoms with Crippen molar-refractivity contribution in [3.63, 3.8) is 0 Å². The summed E-state index contributed by atoms with van der Waals surface area (Å²) in [6.45, 7) is 0.402. The second-order valence-electron chi connectivity index (χ2n) is 4.41. The Morgan fingerprint density at radius 3 is 2.67 bits per heavy atom. The standard InChI is InChI=1S/C16H13N3OS/c20-15(14-8-4-5-9-17-14)18-10-13-11-21-16(19-13)12-6-2-1-3-7-12/h1-9,11H,10H2,(H,18,20). The Balaban J connectivity index is 1.64. The monoisotopic (exact) mass is 295 g/mol. The molecule has 1 N–H and O–H groups in total. The first-order chi connectivity index (χ1) is 10.3. The summed E-state index contributed by atoms with van der Waals surface area (Å²) in [6.07, 6.45) is 1.60. The van der Waals surface area contributed by atoms with E-state index in [0.29, 0.717) is 12.2 Å². The largest absolute Gasteiger partial charge is 0.345 e. The highest BCUT2D eigenvalue weighted by Gasteiger charge is 2.08. The molecule has 2 aromatic heterocycles. The number of pyridine rings is 1. The molecule has 5 heteroatoms. The number of nitrogens with zero attached hydrogens (tertiary/aromatic N) is 2. The van der Waals surface area contributed by atoms with Crippen molar-refractivity contribution in [1.82, 2.24) is 15.3 Å². The number of aromatic nitrogens is 2. The molecule has 4 nitrogen and oxygen atoms in total. The van der Waals surface area contributed by atoms with Gasteiger partial charge in [0.25, 0.3) is 5.91 Å². The number of thiazole rings is 1. The van der Waals surface area contributed by atoms with E-state index in [0.717, 1.165) is 16.3 Å². The fourth-order valence-corrected chi connectivity index (χ4v) is 2.69. The fraction of sp³-hybridized carbons (Fsp3) is 0.0625. The SMILES string of the molecule is O=C(NCc1csc(-c2ccccc2)n1)c1ccccn1. The van der Waals surface area contributed by atoms with Crippen LogP contribution in [0.2, 0.25) is 0 Å². The molecule has 3 aromatic rings.